The minimum absolute atomic E-state index is 0.562. The Bertz CT molecular complexity index is 458. The largest absolute Gasteiger partial charge is 0.494 e. The summed E-state index contributed by atoms with van der Waals surface area (Å²) >= 11 is 0. The van der Waals surface area contributed by atoms with Gasteiger partial charge in [0.1, 0.15) is 11.3 Å². The third kappa shape index (κ3) is 2.52. The molecule has 17 heavy (non-hydrogen) atoms. The van der Waals surface area contributed by atoms with Crippen molar-refractivity contribution in [1.82, 2.24) is 0 Å². The topological polar surface area (TPSA) is 36.3 Å². The maximum Gasteiger partial charge on any atom is 0.145 e. The lowest BCUT2D eigenvalue weighted by atomic mass is 10.0. The fraction of sp³-hybridized carbons (Fsp3) is 0.500. The van der Waals surface area contributed by atoms with Crippen LogP contribution in [0.5, 0.6) is 5.75 Å². The van der Waals surface area contributed by atoms with Crippen molar-refractivity contribution < 1.29 is 4.74 Å². The highest BCUT2D eigenvalue weighted by Gasteiger charge is 2.26. The second-order valence-electron chi connectivity index (χ2n) is 4.86. The van der Waals surface area contributed by atoms with Gasteiger partial charge in [-0.25, -0.2) is 0 Å². The van der Waals surface area contributed by atoms with Gasteiger partial charge in [-0.3, -0.25) is 0 Å². The van der Waals surface area contributed by atoms with Crippen LogP contribution in [0.3, 0.4) is 0 Å². The lowest BCUT2D eigenvalue weighted by Crippen LogP contribution is -2.40. The molecule has 0 aromatic heterocycles. The molecule has 1 aromatic carbocycles. The van der Waals surface area contributed by atoms with Gasteiger partial charge in [0.05, 0.1) is 18.9 Å². The Morgan fingerprint density at radius 1 is 1.29 bits per heavy atom. The third-order valence-electron chi connectivity index (χ3n) is 3.08. The number of hydrogen-bond acceptors (Lipinski definition) is 3. The van der Waals surface area contributed by atoms with Crippen molar-refractivity contribution in [2.24, 2.45) is 0 Å². The van der Waals surface area contributed by atoms with E-state index in [0.29, 0.717) is 0 Å². The molecule has 0 saturated heterocycles. The standard InChI is InChI=1S/C14H20N2O/c1-10-7-11(2)13(17-6)12(8-10)16(5)14(3,4)9-15/h7-8H,1-6H3. The number of nitrogens with zero attached hydrogens (tertiary/aromatic N) is 2. The van der Waals surface area contributed by atoms with E-state index in [9.17, 15) is 5.26 Å². The summed E-state index contributed by atoms with van der Waals surface area (Å²) in [5.74, 6) is 0.835. The van der Waals surface area contributed by atoms with Gasteiger partial charge >= 0.3 is 0 Å². The highest BCUT2D eigenvalue weighted by molar-refractivity contribution is 5.65. The van der Waals surface area contributed by atoms with Crippen LogP contribution in [-0.4, -0.2) is 19.7 Å². The molecule has 3 heteroatoms. The molecule has 0 unspecified atom stereocenters. The summed E-state index contributed by atoms with van der Waals surface area (Å²) in [6.07, 6.45) is 0. The third-order valence-corrected chi connectivity index (χ3v) is 3.08. The van der Waals surface area contributed by atoms with Crippen LogP contribution in [0.1, 0.15) is 25.0 Å². The number of methoxy groups -OCH3 is 1. The van der Waals surface area contributed by atoms with Crippen molar-refractivity contribution in [2.75, 3.05) is 19.1 Å². The number of anilines is 1. The molecular weight excluding hydrogens is 212 g/mol. The number of nitriles is 1. The predicted molar refractivity (Wildman–Crippen MR) is 70.6 cm³/mol. The second-order valence-corrected chi connectivity index (χ2v) is 4.86. The molecule has 1 aromatic rings. The van der Waals surface area contributed by atoms with Crippen molar-refractivity contribution in [2.45, 2.75) is 33.2 Å². The van der Waals surface area contributed by atoms with Crippen LogP contribution in [0.4, 0.5) is 5.69 Å². The van der Waals surface area contributed by atoms with E-state index in [1.54, 1.807) is 7.11 Å². The minimum atomic E-state index is -0.562. The highest BCUT2D eigenvalue weighted by atomic mass is 16.5. The molecule has 0 aliphatic rings. The molecular formula is C14H20N2O. The predicted octanol–water partition coefficient (Wildman–Crippen LogP) is 3.05. The second kappa shape index (κ2) is 4.67. The van der Waals surface area contributed by atoms with Gasteiger partial charge in [-0.15, -0.1) is 0 Å². The molecule has 1 rings (SSSR count). The SMILES string of the molecule is COc1c(C)cc(C)cc1N(C)C(C)(C)C#N. The van der Waals surface area contributed by atoms with Gasteiger partial charge in [-0.1, -0.05) is 6.07 Å². The molecule has 0 heterocycles. The first-order valence-electron chi connectivity index (χ1n) is 5.64. The van der Waals surface area contributed by atoms with Crippen molar-refractivity contribution in [3.8, 4) is 11.8 Å². The maximum absolute atomic E-state index is 9.20. The van der Waals surface area contributed by atoms with E-state index in [-0.39, 0.29) is 0 Å². The molecule has 0 saturated carbocycles. The van der Waals surface area contributed by atoms with Crippen LogP contribution >= 0.6 is 0 Å². The molecule has 0 spiro atoms. The van der Waals surface area contributed by atoms with E-state index in [1.165, 1.54) is 5.56 Å². The molecule has 0 aliphatic heterocycles. The summed E-state index contributed by atoms with van der Waals surface area (Å²) in [5, 5.41) is 9.20. The Balaban J connectivity index is 3.36. The Morgan fingerprint density at radius 2 is 1.88 bits per heavy atom. The fourth-order valence-corrected chi connectivity index (χ4v) is 1.82. The molecule has 3 nitrogen and oxygen atoms in total. The number of ether oxygens (including phenoxy) is 1. The van der Waals surface area contributed by atoms with Crippen LogP contribution in [0.15, 0.2) is 12.1 Å². The summed E-state index contributed by atoms with van der Waals surface area (Å²) in [5.41, 5.74) is 2.64. The lowest BCUT2D eigenvalue weighted by molar-refractivity contribution is 0.409. The van der Waals surface area contributed by atoms with Gasteiger partial charge in [0.25, 0.3) is 0 Å². The summed E-state index contributed by atoms with van der Waals surface area (Å²) in [6, 6.07) is 6.43. The van der Waals surface area contributed by atoms with Gasteiger partial charge in [0.15, 0.2) is 0 Å². The van der Waals surface area contributed by atoms with E-state index in [2.05, 4.69) is 12.1 Å². The summed E-state index contributed by atoms with van der Waals surface area (Å²) in [7, 11) is 3.58. The number of hydrogen-bond donors (Lipinski definition) is 0. The Labute approximate surface area is 104 Å². The van der Waals surface area contributed by atoms with E-state index in [0.717, 1.165) is 17.0 Å². The minimum Gasteiger partial charge on any atom is -0.494 e. The Kier molecular flexibility index (Phi) is 3.67. The van der Waals surface area contributed by atoms with Crippen LogP contribution < -0.4 is 9.64 Å². The number of aryl methyl sites for hydroxylation is 2. The smallest absolute Gasteiger partial charge is 0.145 e. The number of rotatable bonds is 3. The van der Waals surface area contributed by atoms with E-state index in [4.69, 9.17) is 4.74 Å². The first-order valence-corrected chi connectivity index (χ1v) is 5.64. The van der Waals surface area contributed by atoms with Crippen LogP contribution in [0.25, 0.3) is 0 Å². The molecule has 0 amide bonds. The normalized spacial score (nSPS) is 10.9. The monoisotopic (exact) mass is 232 g/mol. The molecule has 0 N–H and O–H groups in total. The van der Waals surface area contributed by atoms with Crippen molar-refractivity contribution in [3.63, 3.8) is 0 Å². The van der Waals surface area contributed by atoms with Gasteiger partial charge in [-0.2, -0.15) is 5.26 Å². The molecule has 0 fully saturated rings. The van der Waals surface area contributed by atoms with Crippen molar-refractivity contribution in [3.05, 3.63) is 23.3 Å². The van der Waals surface area contributed by atoms with Gasteiger partial charge in [-0.05, 0) is 44.9 Å². The zero-order valence-electron chi connectivity index (χ0n) is 11.5. The van der Waals surface area contributed by atoms with E-state index < -0.39 is 5.54 Å². The first-order chi connectivity index (χ1) is 7.83. The van der Waals surface area contributed by atoms with Crippen LogP contribution in [0.2, 0.25) is 0 Å². The zero-order chi connectivity index (χ0) is 13.2. The molecule has 0 radical (unpaired) electrons. The van der Waals surface area contributed by atoms with E-state index >= 15 is 0 Å². The summed E-state index contributed by atoms with van der Waals surface area (Å²) < 4.78 is 5.44. The van der Waals surface area contributed by atoms with Crippen molar-refractivity contribution >= 4 is 5.69 Å². The summed E-state index contributed by atoms with van der Waals surface area (Å²) in [4.78, 5) is 1.95. The molecule has 0 atom stereocenters. The van der Waals surface area contributed by atoms with Crippen molar-refractivity contribution in [1.29, 1.82) is 5.26 Å². The molecule has 92 valence electrons. The van der Waals surface area contributed by atoms with Crippen LogP contribution in [0, 0.1) is 25.2 Å². The average molecular weight is 232 g/mol. The first kappa shape index (κ1) is 13.4. The Morgan fingerprint density at radius 3 is 2.35 bits per heavy atom. The van der Waals surface area contributed by atoms with Gasteiger partial charge < -0.3 is 9.64 Å². The fourth-order valence-electron chi connectivity index (χ4n) is 1.82. The van der Waals surface area contributed by atoms with E-state index in [1.807, 2.05) is 45.7 Å². The van der Waals surface area contributed by atoms with Gasteiger partial charge in [0, 0.05) is 7.05 Å². The maximum atomic E-state index is 9.20. The Hall–Kier alpha value is -1.69. The average Bonchev–Trinajstić information content (AvgIpc) is 2.27. The highest BCUT2D eigenvalue weighted by Crippen LogP contribution is 2.35. The number of benzene rings is 1. The lowest BCUT2D eigenvalue weighted by Gasteiger charge is -2.33. The molecule has 0 aliphatic carbocycles. The summed E-state index contributed by atoms with van der Waals surface area (Å²) in [6.45, 7) is 7.85. The van der Waals surface area contributed by atoms with Crippen LogP contribution in [-0.2, 0) is 0 Å². The quantitative estimate of drug-likeness (QED) is 0.803. The zero-order valence-corrected chi connectivity index (χ0v) is 11.5. The van der Waals surface area contributed by atoms with Gasteiger partial charge in [0.2, 0.25) is 0 Å². The molecule has 0 bridgehead atoms.